The Bertz CT molecular complexity index is 1530. The van der Waals surface area contributed by atoms with Crippen molar-refractivity contribution in [2.75, 3.05) is 13.2 Å². The monoisotopic (exact) mass is 1130 g/mol. The molecule has 1 atom stereocenters. The summed E-state index contributed by atoms with van der Waals surface area (Å²) in [5, 5.41) is 0. The van der Waals surface area contributed by atoms with Crippen LogP contribution in [0.15, 0.2) is 85.1 Å². The summed E-state index contributed by atoms with van der Waals surface area (Å²) < 4.78 is 17.0. The van der Waals surface area contributed by atoms with Crippen LogP contribution >= 0.6 is 0 Å². The molecule has 81 heavy (non-hydrogen) atoms. The molecule has 1 unspecified atom stereocenters. The maximum absolute atomic E-state index is 12.9. The van der Waals surface area contributed by atoms with E-state index in [2.05, 4.69) is 106 Å². The van der Waals surface area contributed by atoms with Gasteiger partial charge in [-0.15, -0.1) is 0 Å². The Morgan fingerprint density at radius 1 is 0.259 bits per heavy atom. The van der Waals surface area contributed by atoms with E-state index in [0.717, 1.165) is 103 Å². The fourth-order valence-corrected chi connectivity index (χ4v) is 10.2. The molecule has 468 valence electrons. The van der Waals surface area contributed by atoms with E-state index < -0.39 is 6.10 Å². The van der Waals surface area contributed by atoms with Gasteiger partial charge in [0, 0.05) is 19.3 Å². The zero-order chi connectivity index (χ0) is 58.5. The zero-order valence-corrected chi connectivity index (χ0v) is 53.8. The molecule has 0 aromatic rings. The van der Waals surface area contributed by atoms with Gasteiger partial charge < -0.3 is 14.2 Å². The van der Waals surface area contributed by atoms with E-state index in [9.17, 15) is 14.4 Å². The van der Waals surface area contributed by atoms with E-state index in [0.29, 0.717) is 19.3 Å². The van der Waals surface area contributed by atoms with Crippen LogP contribution in [0, 0.1) is 0 Å². The van der Waals surface area contributed by atoms with Crippen LogP contribution in [-0.4, -0.2) is 37.2 Å². The minimum absolute atomic E-state index is 0.0776. The van der Waals surface area contributed by atoms with Gasteiger partial charge in [-0.25, -0.2) is 0 Å². The van der Waals surface area contributed by atoms with Gasteiger partial charge in [0.25, 0.3) is 0 Å². The molecule has 0 bridgehead atoms. The molecule has 0 saturated carbocycles. The van der Waals surface area contributed by atoms with Crippen molar-refractivity contribution in [3.63, 3.8) is 0 Å². The van der Waals surface area contributed by atoms with Crippen LogP contribution < -0.4 is 0 Å². The molecule has 0 rings (SSSR count). The predicted octanol–water partition coefficient (Wildman–Crippen LogP) is 24.2. The first-order valence-electron chi connectivity index (χ1n) is 35.1. The molecule has 0 aromatic carbocycles. The molecule has 0 saturated heterocycles. The van der Waals surface area contributed by atoms with E-state index in [4.69, 9.17) is 14.2 Å². The van der Waals surface area contributed by atoms with Gasteiger partial charge in [0.1, 0.15) is 13.2 Å². The van der Waals surface area contributed by atoms with Gasteiger partial charge in [-0.3, -0.25) is 14.4 Å². The lowest BCUT2D eigenvalue weighted by Crippen LogP contribution is -2.30. The summed E-state index contributed by atoms with van der Waals surface area (Å²) in [4.78, 5) is 38.4. The molecule has 0 N–H and O–H groups in total. The Kier molecular flexibility index (Phi) is 66.2. The lowest BCUT2D eigenvalue weighted by molar-refractivity contribution is -0.167. The van der Waals surface area contributed by atoms with Crippen molar-refractivity contribution in [3.05, 3.63) is 85.1 Å². The van der Waals surface area contributed by atoms with Crippen LogP contribution in [-0.2, 0) is 28.6 Å². The first kappa shape index (κ1) is 77.6. The fourth-order valence-electron chi connectivity index (χ4n) is 10.2. The third-order valence-electron chi connectivity index (χ3n) is 15.4. The molecular formula is C75H132O6. The van der Waals surface area contributed by atoms with Gasteiger partial charge in [0.05, 0.1) is 0 Å². The van der Waals surface area contributed by atoms with Crippen LogP contribution in [0.5, 0.6) is 0 Å². The fraction of sp³-hybridized carbons (Fsp3) is 0.773. The van der Waals surface area contributed by atoms with Gasteiger partial charge in [-0.2, -0.15) is 0 Å². The third-order valence-corrected chi connectivity index (χ3v) is 15.4. The first-order chi connectivity index (χ1) is 40.0. The Balaban J connectivity index is 4.27. The molecule has 0 aliphatic heterocycles. The Hall–Kier alpha value is -3.41. The average molecular weight is 1130 g/mol. The number of unbranched alkanes of at least 4 members (excludes halogenated alkanes) is 39. The van der Waals surface area contributed by atoms with Crippen molar-refractivity contribution in [3.8, 4) is 0 Å². The van der Waals surface area contributed by atoms with Crippen LogP contribution in [0.25, 0.3) is 0 Å². The van der Waals surface area contributed by atoms with Crippen molar-refractivity contribution < 1.29 is 28.6 Å². The Morgan fingerprint density at radius 3 is 0.778 bits per heavy atom. The molecule has 0 spiro atoms. The molecule has 0 fully saturated rings. The molecule has 6 nitrogen and oxygen atoms in total. The van der Waals surface area contributed by atoms with Crippen molar-refractivity contribution in [2.24, 2.45) is 0 Å². The number of carbonyl (C=O) groups excluding carboxylic acids is 3. The van der Waals surface area contributed by atoms with Gasteiger partial charge in [-0.1, -0.05) is 324 Å². The summed E-state index contributed by atoms with van der Waals surface area (Å²) >= 11 is 0. The second-order valence-electron chi connectivity index (χ2n) is 23.4. The minimum atomic E-state index is -0.781. The number of esters is 3. The topological polar surface area (TPSA) is 78.9 Å². The summed E-state index contributed by atoms with van der Waals surface area (Å²) in [6.45, 7) is 6.55. The van der Waals surface area contributed by atoms with Crippen LogP contribution in [0.1, 0.15) is 355 Å². The van der Waals surface area contributed by atoms with Crippen molar-refractivity contribution >= 4 is 17.9 Å². The van der Waals surface area contributed by atoms with Crippen molar-refractivity contribution in [1.82, 2.24) is 0 Å². The average Bonchev–Trinajstić information content (AvgIpc) is 3.46. The van der Waals surface area contributed by atoms with Gasteiger partial charge in [0.15, 0.2) is 6.10 Å². The molecule has 0 amide bonds. The SMILES string of the molecule is CC/C=C\C/C=C\C/C=C\C/C=C\C/C=C\C/C=C\CCCCCCCCCCCCC(=O)OCC(COC(=O)CCCCCCC/C=C\CCCCCC)OC(=O)CCCCCCCCCCCCCCCCCCCCCCC. The van der Waals surface area contributed by atoms with Gasteiger partial charge >= 0.3 is 17.9 Å². The Morgan fingerprint density at radius 2 is 0.481 bits per heavy atom. The van der Waals surface area contributed by atoms with E-state index in [1.165, 1.54) is 212 Å². The van der Waals surface area contributed by atoms with Crippen LogP contribution in [0.2, 0.25) is 0 Å². The number of carbonyl (C=O) groups is 3. The predicted molar refractivity (Wildman–Crippen MR) is 353 cm³/mol. The first-order valence-corrected chi connectivity index (χ1v) is 35.1. The van der Waals surface area contributed by atoms with Crippen LogP contribution in [0.4, 0.5) is 0 Å². The molecule has 0 heterocycles. The molecule has 0 aliphatic carbocycles. The molecule has 0 radical (unpaired) electrons. The third kappa shape index (κ3) is 67.3. The number of ether oxygens (including phenoxy) is 3. The van der Waals surface area contributed by atoms with Crippen LogP contribution in [0.3, 0.4) is 0 Å². The zero-order valence-electron chi connectivity index (χ0n) is 53.8. The highest BCUT2D eigenvalue weighted by Crippen LogP contribution is 2.18. The van der Waals surface area contributed by atoms with Crippen molar-refractivity contribution in [1.29, 1.82) is 0 Å². The molecule has 0 aromatic heterocycles. The maximum atomic E-state index is 12.9. The normalized spacial score (nSPS) is 12.6. The second kappa shape index (κ2) is 69.1. The quantitative estimate of drug-likeness (QED) is 0.0261. The summed E-state index contributed by atoms with van der Waals surface area (Å²) in [6.07, 6.45) is 91.8. The standard InChI is InChI=1S/C75H132O6/c1-4-7-10-13-16-19-22-25-27-29-31-33-34-35-36-37-38-39-40-42-43-45-47-50-53-56-59-62-65-68-74(77)80-71-72(70-79-73(76)67-64-61-58-55-52-49-24-21-18-15-12-9-6-3)81-75(78)69-66-63-60-57-54-51-48-46-44-41-32-30-28-26-23-20-17-14-11-8-5-2/h7,10,16,19,21,24-25,27,31,33,35-36,38-39,72H,4-6,8-9,11-15,17-18,20,22-23,26,28-30,32,34,37,40-71H2,1-3H3/b10-7-,19-16-,24-21-,27-25-,33-31-,36-35-,39-38-. The highest BCUT2D eigenvalue weighted by molar-refractivity contribution is 5.71. The summed E-state index contributed by atoms with van der Waals surface area (Å²) in [5.74, 6) is -0.870. The molecule has 6 heteroatoms. The van der Waals surface area contributed by atoms with E-state index >= 15 is 0 Å². The number of hydrogen-bond donors (Lipinski definition) is 0. The smallest absolute Gasteiger partial charge is 0.306 e. The number of hydrogen-bond acceptors (Lipinski definition) is 6. The van der Waals surface area contributed by atoms with E-state index in [-0.39, 0.29) is 31.1 Å². The van der Waals surface area contributed by atoms with Gasteiger partial charge in [0.2, 0.25) is 0 Å². The largest absolute Gasteiger partial charge is 0.462 e. The summed E-state index contributed by atoms with van der Waals surface area (Å²) in [6, 6.07) is 0. The van der Waals surface area contributed by atoms with E-state index in [1.807, 2.05) is 0 Å². The number of allylic oxidation sites excluding steroid dienone is 14. The lowest BCUT2D eigenvalue weighted by Gasteiger charge is -2.18. The second-order valence-corrected chi connectivity index (χ2v) is 23.4. The molecule has 0 aliphatic rings. The lowest BCUT2D eigenvalue weighted by atomic mass is 10.0. The summed E-state index contributed by atoms with van der Waals surface area (Å²) in [7, 11) is 0. The summed E-state index contributed by atoms with van der Waals surface area (Å²) in [5.41, 5.74) is 0. The minimum Gasteiger partial charge on any atom is -0.462 e. The molecular weight excluding hydrogens is 997 g/mol. The van der Waals surface area contributed by atoms with E-state index in [1.54, 1.807) is 0 Å². The Labute approximate surface area is 503 Å². The van der Waals surface area contributed by atoms with Gasteiger partial charge in [-0.05, 0) is 96.3 Å². The maximum Gasteiger partial charge on any atom is 0.306 e. The number of rotatable bonds is 64. The highest BCUT2D eigenvalue weighted by Gasteiger charge is 2.19. The van der Waals surface area contributed by atoms with Crippen molar-refractivity contribution in [2.45, 2.75) is 361 Å². The highest BCUT2D eigenvalue weighted by atomic mass is 16.6.